The Hall–Kier alpha value is -3.01. The van der Waals surface area contributed by atoms with E-state index in [0.29, 0.717) is 11.3 Å². The Balaban J connectivity index is 1.60. The smallest absolute Gasteiger partial charge is 0.253 e. The number of nitrogens with zero attached hydrogens (tertiary/aromatic N) is 1. The van der Waals surface area contributed by atoms with Crippen LogP contribution in [0.15, 0.2) is 42.5 Å². The van der Waals surface area contributed by atoms with Crippen LogP contribution in [0.1, 0.15) is 55.3 Å². The first-order valence-corrected chi connectivity index (χ1v) is 13.1. The van der Waals surface area contributed by atoms with E-state index in [1.165, 1.54) is 12.5 Å². The Morgan fingerprint density at radius 3 is 2.41 bits per heavy atom. The number of anilines is 2. The number of carbonyl (C=O) groups excluding carboxylic acids is 2. The molecule has 0 saturated heterocycles. The lowest BCUT2D eigenvalue weighted by molar-refractivity contribution is -0.116. The van der Waals surface area contributed by atoms with Crippen LogP contribution in [0.25, 0.3) is 0 Å². The van der Waals surface area contributed by atoms with E-state index in [4.69, 9.17) is 0 Å². The van der Waals surface area contributed by atoms with Crippen molar-refractivity contribution in [1.29, 1.82) is 0 Å². The minimum absolute atomic E-state index is 0.0217. The lowest BCUT2D eigenvalue weighted by Gasteiger charge is -2.23. The first-order chi connectivity index (χ1) is 16.1. The van der Waals surface area contributed by atoms with Gasteiger partial charge >= 0.3 is 0 Å². The highest BCUT2D eigenvalue weighted by Gasteiger charge is 2.21. The van der Waals surface area contributed by atoms with E-state index in [-0.39, 0.29) is 37.0 Å². The first-order valence-electron chi connectivity index (χ1n) is 11.3. The van der Waals surface area contributed by atoms with Crippen LogP contribution >= 0.6 is 0 Å². The van der Waals surface area contributed by atoms with Crippen LogP contribution in [0.4, 0.5) is 20.2 Å². The molecule has 3 rings (SSSR count). The summed E-state index contributed by atoms with van der Waals surface area (Å²) < 4.78 is 52.0. The molecule has 0 heterocycles. The maximum Gasteiger partial charge on any atom is 0.253 e. The lowest BCUT2D eigenvalue weighted by atomic mass is 9.95. The van der Waals surface area contributed by atoms with Gasteiger partial charge < -0.3 is 10.6 Å². The fraction of sp³-hybridized carbons (Fsp3) is 0.417. The average molecular weight is 494 g/mol. The SMILES string of the molecule is CS(=O)(=O)N(CCCC(=O)Nc1ccccc1C(=O)NC1CCCCC1)c1ccc(F)c(F)c1. The van der Waals surface area contributed by atoms with Gasteiger partial charge in [-0.1, -0.05) is 31.4 Å². The molecule has 0 spiro atoms. The van der Waals surface area contributed by atoms with Gasteiger partial charge in [-0.2, -0.15) is 0 Å². The Morgan fingerprint density at radius 1 is 1.03 bits per heavy atom. The lowest BCUT2D eigenvalue weighted by Crippen LogP contribution is -2.36. The summed E-state index contributed by atoms with van der Waals surface area (Å²) in [6.07, 6.45) is 6.27. The summed E-state index contributed by atoms with van der Waals surface area (Å²) in [7, 11) is -3.78. The Kier molecular flexibility index (Phi) is 8.60. The fourth-order valence-corrected chi connectivity index (χ4v) is 4.98. The molecule has 7 nitrogen and oxygen atoms in total. The molecule has 2 N–H and O–H groups in total. The Bertz CT molecular complexity index is 1130. The molecule has 0 bridgehead atoms. The number of nitrogens with one attached hydrogen (secondary N) is 2. The van der Waals surface area contributed by atoms with Crippen molar-refractivity contribution in [3.63, 3.8) is 0 Å². The number of para-hydroxylation sites is 1. The molecule has 34 heavy (non-hydrogen) atoms. The van der Waals surface area contributed by atoms with Crippen molar-refractivity contribution in [3.05, 3.63) is 59.7 Å². The predicted molar refractivity (Wildman–Crippen MR) is 127 cm³/mol. The van der Waals surface area contributed by atoms with Gasteiger partial charge in [0.15, 0.2) is 11.6 Å². The normalized spacial score (nSPS) is 14.4. The minimum atomic E-state index is -3.78. The van der Waals surface area contributed by atoms with E-state index in [1.54, 1.807) is 24.3 Å². The molecular weight excluding hydrogens is 464 g/mol. The van der Waals surface area contributed by atoms with Gasteiger partial charge in [0, 0.05) is 25.1 Å². The van der Waals surface area contributed by atoms with Crippen molar-refractivity contribution in [2.75, 3.05) is 22.4 Å². The van der Waals surface area contributed by atoms with Gasteiger partial charge in [0.05, 0.1) is 23.2 Å². The summed E-state index contributed by atoms with van der Waals surface area (Å²) >= 11 is 0. The molecule has 2 amide bonds. The molecular formula is C24H29F2N3O4S. The van der Waals surface area contributed by atoms with E-state index in [2.05, 4.69) is 10.6 Å². The maximum atomic E-state index is 13.6. The van der Waals surface area contributed by atoms with Gasteiger partial charge in [-0.25, -0.2) is 17.2 Å². The monoisotopic (exact) mass is 493 g/mol. The zero-order chi connectivity index (χ0) is 24.7. The van der Waals surface area contributed by atoms with Crippen LogP contribution in [0.5, 0.6) is 0 Å². The van der Waals surface area contributed by atoms with Crippen LogP contribution in [0.3, 0.4) is 0 Å². The number of benzene rings is 2. The summed E-state index contributed by atoms with van der Waals surface area (Å²) in [4.78, 5) is 25.3. The van der Waals surface area contributed by atoms with Crippen molar-refractivity contribution >= 4 is 33.2 Å². The predicted octanol–water partition coefficient (Wildman–Crippen LogP) is 4.21. The molecule has 10 heteroatoms. The zero-order valence-electron chi connectivity index (χ0n) is 19.0. The number of hydrogen-bond acceptors (Lipinski definition) is 4. The molecule has 1 aliphatic carbocycles. The summed E-state index contributed by atoms with van der Waals surface area (Å²) in [5.74, 6) is -2.88. The standard InChI is InChI=1S/C24H29F2N3O4S/c1-34(32,33)29(18-13-14-20(25)21(26)16-18)15-7-12-23(30)28-22-11-6-5-10-19(22)24(31)27-17-8-3-2-4-9-17/h5-6,10-11,13-14,16-17H,2-4,7-9,12,15H2,1H3,(H,27,31)(H,28,30). The van der Waals surface area contributed by atoms with Gasteiger partial charge in [0.1, 0.15) is 0 Å². The molecule has 0 radical (unpaired) electrons. The number of amides is 2. The fourth-order valence-electron chi connectivity index (χ4n) is 4.02. The summed E-state index contributed by atoms with van der Waals surface area (Å²) in [5, 5.41) is 5.75. The van der Waals surface area contributed by atoms with E-state index in [1.807, 2.05) is 0 Å². The summed E-state index contributed by atoms with van der Waals surface area (Å²) in [5.41, 5.74) is 0.717. The van der Waals surface area contributed by atoms with Crippen molar-refractivity contribution < 1.29 is 26.8 Å². The molecule has 0 unspecified atom stereocenters. The zero-order valence-corrected chi connectivity index (χ0v) is 19.8. The second-order valence-electron chi connectivity index (χ2n) is 8.44. The van der Waals surface area contributed by atoms with Gasteiger partial charge in [-0.3, -0.25) is 13.9 Å². The van der Waals surface area contributed by atoms with Crippen molar-refractivity contribution in [1.82, 2.24) is 5.32 Å². The number of carbonyl (C=O) groups is 2. The summed E-state index contributed by atoms with van der Waals surface area (Å²) in [6, 6.07) is 9.66. The van der Waals surface area contributed by atoms with E-state index < -0.39 is 27.6 Å². The molecule has 0 aliphatic heterocycles. The third kappa shape index (κ3) is 6.99. The van der Waals surface area contributed by atoms with E-state index >= 15 is 0 Å². The van der Waals surface area contributed by atoms with E-state index in [0.717, 1.165) is 48.4 Å². The van der Waals surface area contributed by atoms with Gasteiger partial charge in [0.2, 0.25) is 15.9 Å². The quantitative estimate of drug-likeness (QED) is 0.547. The Morgan fingerprint density at radius 2 is 1.74 bits per heavy atom. The number of sulfonamides is 1. The minimum Gasteiger partial charge on any atom is -0.349 e. The molecule has 184 valence electrons. The van der Waals surface area contributed by atoms with Gasteiger partial charge in [0.25, 0.3) is 5.91 Å². The van der Waals surface area contributed by atoms with Crippen molar-refractivity contribution in [3.8, 4) is 0 Å². The van der Waals surface area contributed by atoms with Crippen molar-refractivity contribution in [2.45, 2.75) is 51.0 Å². The molecule has 1 fully saturated rings. The highest BCUT2D eigenvalue weighted by atomic mass is 32.2. The molecule has 1 saturated carbocycles. The van der Waals surface area contributed by atoms with Crippen LogP contribution < -0.4 is 14.9 Å². The second kappa shape index (κ2) is 11.4. The topological polar surface area (TPSA) is 95.6 Å². The first kappa shape index (κ1) is 25.6. The average Bonchev–Trinajstić information content (AvgIpc) is 2.79. The van der Waals surface area contributed by atoms with Crippen molar-refractivity contribution in [2.24, 2.45) is 0 Å². The maximum absolute atomic E-state index is 13.6. The number of rotatable bonds is 9. The molecule has 0 aromatic heterocycles. The third-order valence-electron chi connectivity index (χ3n) is 5.74. The second-order valence-corrected chi connectivity index (χ2v) is 10.3. The van der Waals surface area contributed by atoms with Crippen LogP contribution in [-0.2, 0) is 14.8 Å². The van der Waals surface area contributed by atoms with Crippen LogP contribution in [-0.4, -0.2) is 39.1 Å². The molecule has 2 aromatic rings. The highest BCUT2D eigenvalue weighted by Crippen LogP contribution is 2.22. The van der Waals surface area contributed by atoms with Crippen LogP contribution in [0.2, 0.25) is 0 Å². The van der Waals surface area contributed by atoms with Gasteiger partial charge in [-0.05, 0) is 43.5 Å². The molecule has 0 atom stereocenters. The van der Waals surface area contributed by atoms with E-state index in [9.17, 15) is 26.8 Å². The third-order valence-corrected chi connectivity index (χ3v) is 6.94. The van der Waals surface area contributed by atoms with Crippen LogP contribution in [0, 0.1) is 11.6 Å². The largest absolute Gasteiger partial charge is 0.349 e. The molecule has 1 aliphatic rings. The number of halogens is 2. The summed E-state index contributed by atoms with van der Waals surface area (Å²) in [6.45, 7) is -0.0961. The molecule has 2 aromatic carbocycles. The number of hydrogen-bond donors (Lipinski definition) is 2. The highest BCUT2D eigenvalue weighted by molar-refractivity contribution is 7.92. The Labute approximate surface area is 198 Å². The van der Waals surface area contributed by atoms with Gasteiger partial charge in [-0.15, -0.1) is 0 Å².